The van der Waals surface area contributed by atoms with Gasteiger partial charge in [0.2, 0.25) is 5.76 Å². The minimum Gasteiger partial charge on any atom is -0.442 e. The highest BCUT2D eigenvalue weighted by Crippen LogP contribution is 2.18. The highest BCUT2D eigenvalue weighted by molar-refractivity contribution is 5.44. The summed E-state index contributed by atoms with van der Waals surface area (Å²) in [5.41, 5.74) is 6.87. The van der Waals surface area contributed by atoms with E-state index in [1.165, 1.54) is 6.26 Å². The molecule has 2 rings (SSSR count). The molecule has 2 aromatic rings. The topological polar surface area (TPSA) is 78.1 Å². The second-order valence-electron chi connectivity index (χ2n) is 2.68. The summed E-state index contributed by atoms with van der Waals surface area (Å²) >= 11 is 0. The van der Waals surface area contributed by atoms with Gasteiger partial charge >= 0.3 is 0 Å². The van der Waals surface area contributed by atoms with Crippen LogP contribution in [0.2, 0.25) is 0 Å². The van der Waals surface area contributed by atoms with Crippen LogP contribution in [-0.2, 0) is 6.54 Å². The van der Waals surface area contributed by atoms with Crippen LogP contribution in [0.15, 0.2) is 21.3 Å². The summed E-state index contributed by atoms with van der Waals surface area (Å²) in [4.78, 5) is 4.09. The number of oxazole rings is 1. The first-order chi connectivity index (χ1) is 6.29. The maximum Gasteiger partial charge on any atom is 0.265 e. The average Bonchev–Trinajstić information content (AvgIpc) is 2.71. The van der Waals surface area contributed by atoms with Crippen LogP contribution >= 0.6 is 0 Å². The summed E-state index contributed by atoms with van der Waals surface area (Å²) in [5, 5.41) is 3.72. The standard InChI is InChI=1S/C8H9N3O2/c1-5-2-7(13-11-5)8-10-6(3-9)4-12-8/h2,4H,3,9H2,1H3. The Morgan fingerprint density at radius 1 is 1.54 bits per heavy atom. The first-order valence-corrected chi connectivity index (χ1v) is 3.88. The van der Waals surface area contributed by atoms with Crippen molar-refractivity contribution in [3.05, 3.63) is 23.7 Å². The van der Waals surface area contributed by atoms with E-state index in [1.807, 2.05) is 6.92 Å². The minimum absolute atomic E-state index is 0.358. The van der Waals surface area contributed by atoms with Gasteiger partial charge in [-0.3, -0.25) is 0 Å². The Bertz CT molecular complexity index is 405. The minimum atomic E-state index is 0.358. The van der Waals surface area contributed by atoms with Crippen LogP contribution < -0.4 is 5.73 Å². The van der Waals surface area contributed by atoms with Crippen LogP contribution in [0.4, 0.5) is 0 Å². The fraction of sp³-hybridized carbons (Fsp3) is 0.250. The largest absolute Gasteiger partial charge is 0.442 e. The fourth-order valence-corrected chi connectivity index (χ4v) is 0.978. The van der Waals surface area contributed by atoms with Gasteiger partial charge in [0, 0.05) is 12.6 Å². The highest BCUT2D eigenvalue weighted by atomic mass is 16.5. The molecule has 2 N–H and O–H groups in total. The molecule has 0 unspecified atom stereocenters. The number of nitrogens with zero attached hydrogens (tertiary/aromatic N) is 2. The highest BCUT2D eigenvalue weighted by Gasteiger charge is 2.10. The molecule has 0 aliphatic heterocycles. The molecule has 2 aromatic heterocycles. The van der Waals surface area contributed by atoms with E-state index in [1.54, 1.807) is 6.07 Å². The lowest BCUT2D eigenvalue weighted by Gasteiger charge is -1.82. The third-order valence-corrected chi connectivity index (χ3v) is 1.60. The number of aromatic nitrogens is 2. The third-order valence-electron chi connectivity index (χ3n) is 1.60. The lowest BCUT2D eigenvalue weighted by Crippen LogP contribution is -1.95. The van der Waals surface area contributed by atoms with Gasteiger partial charge in [-0.1, -0.05) is 5.16 Å². The molecular formula is C8H9N3O2. The van der Waals surface area contributed by atoms with Gasteiger partial charge in [-0.05, 0) is 6.92 Å². The molecule has 0 amide bonds. The molecule has 0 aromatic carbocycles. The fourth-order valence-electron chi connectivity index (χ4n) is 0.978. The number of hydrogen-bond donors (Lipinski definition) is 1. The van der Waals surface area contributed by atoms with Crippen LogP contribution in [0, 0.1) is 6.92 Å². The summed E-state index contributed by atoms with van der Waals surface area (Å²) in [6.07, 6.45) is 1.51. The number of rotatable bonds is 2. The van der Waals surface area contributed by atoms with Gasteiger partial charge in [0.25, 0.3) is 5.89 Å². The van der Waals surface area contributed by atoms with Crippen molar-refractivity contribution in [2.75, 3.05) is 0 Å². The lowest BCUT2D eigenvalue weighted by atomic mass is 10.4. The Balaban J connectivity index is 2.35. The Morgan fingerprint density at radius 3 is 2.92 bits per heavy atom. The first-order valence-electron chi connectivity index (χ1n) is 3.88. The van der Waals surface area contributed by atoms with Gasteiger partial charge in [-0.15, -0.1) is 0 Å². The smallest absolute Gasteiger partial charge is 0.265 e. The first kappa shape index (κ1) is 8.00. The molecule has 0 spiro atoms. The van der Waals surface area contributed by atoms with Gasteiger partial charge in [0.15, 0.2) is 0 Å². The van der Waals surface area contributed by atoms with E-state index in [4.69, 9.17) is 14.7 Å². The van der Waals surface area contributed by atoms with Crippen LogP contribution in [0.5, 0.6) is 0 Å². The van der Waals surface area contributed by atoms with E-state index in [-0.39, 0.29) is 0 Å². The van der Waals surface area contributed by atoms with Gasteiger partial charge < -0.3 is 14.7 Å². The second-order valence-corrected chi connectivity index (χ2v) is 2.68. The number of aryl methyl sites for hydroxylation is 1. The van der Waals surface area contributed by atoms with Crippen LogP contribution in [-0.4, -0.2) is 10.1 Å². The molecular weight excluding hydrogens is 170 g/mol. The summed E-state index contributed by atoms with van der Waals surface area (Å²) in [5.74, 6) is 0.943. The van der Waals surface area contributed by atoms with Crippen LogP contribution in [0.3, 0.4) is 0 Å². The second kappa shape index (κ2) is 3.02. The van der Waals surface area contributed by atoms with E-state index in [2.05, 4.69) is 10.1 Å². The SMILES string of the molecule is Cc1cc(-c2nc(CN)co2)on1. The molecule has 0 saturated carbocycles. The molecule has 68 valence electrons. The lowest BCUT2D eigenvalue weighted by molar-refractivity contribution is 0.411. The van der Waals surface area contributed by atoms with Crippen molar-refractivity contribution < 1.29 is 8.94 Å². The van der Waals surface area contributed by atoms with E-state index in [9.17, 15) is 0 Å². The van der Waals surface area contributed by atoms with E-state index >= 15 is 0 Å². The van der Waals surface area contributed by atoms with Gasteiger partial charge in [-0.2, -0.15) is 0 Å². The molecule has 0 fully saturated rings. The van der Waals surface area contributed by atoms with Crippen molar-refractivity contribution in [2.24, 2.45) is 5.73 Å². The Labute approximate surface area is 74.5 Å². The Kier molecular flexibility index (Phi) is 1.86. The summed E-state index contributed by atoms with van der Waals surface area (Å²) in [7, 11) is 0. The van der Waals surface area contributed by atoms with Crippen LogP contribution in [0.25, 0.3) is 11.7 Å². The molecule has 5 heteroatoms. The third kappa shape index (κ3) is 1.46. The zero-order valence-corrected chi connectivity index (χ0v) is 7.15. The molecule has 0 bridgehead atoms. The Hall–Kier alpha value is -1.62. The summed E-state index contributed by atoms with van der Waals surface area (Å²) < 4.78 is 10.1. The van der Waals surface area contributed by atoms with Crippen molar-refractivity contribution in [3.8, 4) is 11.7 Å². The Morgan fingerprint density at radius 2 is 2.38 bits per heavy atom. The normalized spacial score (nSPS) is 10.6. The number of nitrogens with two attached hydrogens (primary N) is 1. The summed E-state index contributed by atoms with van der Waals surface area (Å²) in [6.45, 7) is 2.19. The maximum absolute atomic E-state index is 5.38. The van der Waals surface area contributed by atoms with Crippen molar-refractivity contribution in [3.63, 3.8) is 0 Å². The van der Waals surface area contributed by atoms with E-state index < -0.39 is 0 Å². The van der Waals surface area contributed by atoms with Gasteiger partial charge in [-0.25, -0.2) is 4.98 Å². The van der Waals surface area contributed by atoms with Crippen molar-refractivity contribution in [1.29, 1.82) is 0 Å². The van der Waals surface area contributed by atoms with E-state index in [0.717, 1.165) is 5.69 Å². The van der Waals surface area contributed by atoms with Gasteiger partial charge in [0.05, 0.1) is 11.4 Å². The predicted octanol–water partition coefficient (Wildman–Crippen LogP) is 1.10. The summed E-state index contributed by atoms with van der Waals surface area (Å²) in [6, 6.07) is 1.76. The zero-order valence-electron chi connectivity index (χ0n) is 7.15. The zero-order chi connectivity index (χ0) is 9.26. The molecule has 0 atom stereocenters. The van der Waals surface area contributed by atoms with Crippen molar-refractivity contribution in [1.82, 2.24) is 10.1 Å². The predicted molar refractivity (Wildman–Crippen MR) is 44.6 cm³/mol. The monoisotopic (exact) mass is 179 g/mol. The molecule has 2 heterocycles. The quantitative estimate of drug-likeness (QED) is 0.746. The molecule has 0 aliphatic rings. The van der Waals surface area contributed by atoms with Gasteiger partial charge in [0.1, 0.15) is 6.26 Å². The maximum atomic E-state index is 5.38. The van der Waals surface area contributed by atoms with Crippen molar-refractivity contribution >= 4 is 0 Å². The molecule has 0 radical (unpaired) electrons. The van der Waals surface area contributed by atoms with E-state index in [0.29, 0.717) is 23.9 Å². The number of hydrogen-bond acceptors (Lipinski definition) is 5. The average molecular weight is 179 g/mol. The van der Waals surface area contributed by atoms with Crippen molar-refractivity contribution in [2.45, 2.75) is 13.5 Å². The van der Waals surface area contributed by atoms with Crippen LogP contribution in [0.1, 0.15) is 11.4 Å². The molecule has 13 heavy (non-hydrogen) atoms. The molecule has 0 aliphatic carbocycles. The molecule has 0 saturated heterocycles. The molecule has 5 nitrogen and oxygen atoms in total.